The molecule has 4 rings (SSSR count). The van der Waals surface area contributed by atoms with Gasteiger partial charge in [0.1, 0.15) is 23.0 Å². The minimum absolute atomic E-state index is 0.0272. The van der Waals surface area contributed by atoms with Gasteiger partial charge in [-0.1, -0.05) is 30.3 Å². The molecule has 0 radical (unpaired) electrons. The minimum atomic E-state index is -0.800. The van der Waals surface area contributed by atoms with Crippen molar-refractivity contribution >= 4 is 17.4 Å². The third-order valence-corrected chi connectivity index (χ3v) is 6.14. The summed E-state index contributed by atoms with van der Waals surface area (Å²) >= 11 is 0. The molecule has 1 N–H and O–H groups in total. The van der Waals surface area contributed by atoms with Crippen LogP contribution in [0.1, 0.15) is 22.7 Å². The summed E-state index contributed by atoms with van der Waals surface area (Å²) in [5.41, 5.74) is 2.05. The monoisotopic (exact) mass is 473 g/mol. The molecule has 1 amide bonds. The summed E-state index contributed by atoms with van der Waals surface area (Å²) in [7, 11) is 4.68. The van der Waals surface area contributed by atoms with Crippen molar-refractivity contribution in [2.24, 2.45) is 0 Å². The average molecular weight is 474 g/mol. The van der Waals surface area contributed by atoms with Gasteiger partial charge in [-0.2, -0.15) is 0 Å². The maximum atomic E-state index is 13.2. The summed E-state index contributed by atoms with van der Waals surface area (Å²) in [5, 5.41) is 11.2. The quantitative estimate of drug-likeness (QED) is 0.297. The molecule has 7 nitrogen and oxygen atoms in total. The van der Waals surface area contributed by atoms with E-state index in [1.165, 1.54) is 12.0 Å². The Balaban J connectivity index is 1.77. The molecule has 1 unspecified atom stereocenters. The minimum Gasteiger partial charge on any atom is -0.507 e. The number of amides is 1. The van der Waals surface area contributed by atoms with E-state index >= 15 is 0 Å². The fourth-order valence-corrected chi connectivity index (χ4v) is 4.27. The van der Waals surface area contributed by atoms with Crippen LogP contribution in [-0.4, -0.2) is 49.6 Å². The fourth-order valence-electron chi connectivity index (χ4n) is 4.27. The Bertz CT molecular complexity index is 1250. The highest BCUT2D eigenvalue weighted by Crippen LogP contribution is 2.42. The van der Waals surface area contributed by atoms with Gasteiger partial charge in [-0.3, -0.25) is 9.59 Å². The average Bonchev–Trinajstić information content (AvgIpc) is 3.16. The van der Waals surface area contributed by atoms with Crippen LogP contribution in [0.25, 0.3) is 5.76 Å². The number of carbonyl (C=O) groups excluding carboxylic acids is 2. The van der Waals surface area contributed by atoms with Crippen LogP contribution in [0.15, 0.2) is 78.4 Å². The third-order valence-electron chi connectivity index (χ3n) is 6.14. The summed E-state index contributed by atoms with van der Waals surface area (Å²) < 4.78 is 15.9. The zero-order valence-corrected chi connectivity index (χ0v) is 19.9. The lowest BCUT2D eigenvalue weighted by Gasteiger charge is -2.26. The first kappa shape index (κ1) is 23.9. The Morgan fingerprint density at radius 1 is 0.829 bits per heavy atom. The van der Waals surface area contributed by atoms with Crippen LogP contribution >= 0.6 is 0 Å². The fraction of sp³-hybridized carbons (Fsp3) is 0.214. The molecule has 7 heteroatoms. The number of ketones is 1. The Morgan fingerprint density at radius 3 is 2.03 bits per heavy atom. The summed E-state index contributed by atoms with van der Waals surface area (Å²) in [6.07, 6.45) is 0.519. The van der Waals surface area contributed by atoms with Gasteiger partial charge in [-0.25, -0.2) is 0 Å². The van der Waals surface area contributed by atoms with Crippen molar-refractivity contribution < 1.29 is 28.9 Å². The summed E-state index contributed by atoms with van der Waals surface area (Å²) in [6, 6.07) is 20.6. The van der Waals surface area contributed by atoms with Crippen molar-refractivity contribution in [2.75, 3.05) is 27.9 Å². The number of likely N-dealkylation sites (tertiary alicyclic amines) is 1. The third kappa shape index (κ3) is 4.71. The van der Waals surface area contributed by atoms with E-state index in [9.17, 15) is 14.7 Å². The number of aliphatic hydroxyl groups excluding tert-OH is 1. The molecular weight excluding hydrogens is 446 g/mol. The maximum absolute atomic E-state index is 13.2. The zero-order valence-electron chi connectivity index (χ0n) is 19.9. The number of nitrogens with zero attached hydrogens (tertiary/aromatic N) is 1. The molecule has 3 aromatic rings. The van der Waals surface area contributed by atoms with Gasteiger partial charge in [-0.15, -0.1) is 0 Å². The molecular formula is C28H27NO6. The number of para-hydroxylation sites is 1. The molecule has 0 saturated carbocycles. The molecule has 3 aromatic carbocycles. The molecule has 0 spiro atoms. The molecule has 0 aromatic heterocycles. The highest BCUT2D eigenvalue weighted by Gasteiger charge is 2.46. The first-order valence-corrected chi connectivity index (χ1v) is 11.2. The SMILES string of the molecule is COc1ccc(CCN2C(=O)C(=O)/C(=C(\O)c3ccc(OC)cc3)C2c2ccccc2OC)cc1. The highest BCUT2D eigenvalue weighted by atomic mass is 16.5. The smallest absolute Gasteiger partial charge is 0.295 e. The molecule has 35 heavy (non-hydrogen) atoms. The summed E-state index contributed by atoms with van der Waals surface area (Å²) in [6.45, 7) is 0.277. The van der Waals surface area contributed by atoms with E-state index in [4.69, 9.17) is 14.2 Å². The Morgan fingerprint density at radius 2 is 1.43 bits per heavy atom. The van der Waals surface area contributed by atoms with Crippen molar-refractivity contribution in [2.45, 2.75) is 12.5 Å². The van der Waals surface area contributed by atoms with Gasteiger partial charge in [0, 0.05) is 17.7 Å². The van der Waals surface area contributed by atoms with E-state index in [-0.39, 0.29) is 17.9 Å². The van der Waals surface area contributed by atoms with Crippen LogP contribution in [0.4, 0.5) is 0 Å². The number of hydrogen-bond acceptors (Lipinski definition) is 6. The molecule has 1 aliphatic heterocycles. The van der Waals surface area contributed by atoms with E-state index in [1.54, 1.807) is 50.6 Å². The van der Waals surface area contributed by atoms with Crippen LogP contribution < -0.4 is 14.2 Å². The summed E-state index contributed by atoms with van der Waals surface area (Å²) in [5.74, 6) is 0.238. The number of ether oxygens (including phenoxy) is 3. The van der Waals surface area contributed by atoms with Crippen LogP contribution in [0.3, 0.4) is 0 Å². The van der Waals surface area contributed by atoms with Crippen molar-refractivity contribution in [3.05, 3.63) is 95.1 Å². The van der Waals surface area contributed by atoms with E-state index in [1.807, 2.05) is 36.4 Å². The Labute approximate surface area is 204 Å². The normalized spacial score (nSPS) is 16.9. The number of carbonyl (C=O) groups is 2. The number of hydrogen-bond donors (Lipinski definition) is 1. The lowest BCUT2D eigenvalue weighted by molar-refractivity contribution is -0.139. The number of aliphatic hydroxyl groups is 1. The molecule has 180 valence electrons. The molecule has 1 saturated heterocycles. The first-order chi connectivity index (χ1) is 17.0. The van der Waals surface area contributed by atoms with E-state index in [0.29, 0.717) is 29.0 Å². The van der Waals surface area contributed by atoms with Gasteiger partial charge in [-0.05, 0) is 54.4 Å². The highest BCUT2D eigenvalue weighted by molar-refractivity contribution is 6.46. The van der Waals surface area contributed by atoms with Crippen molar-refractivity contribution in [1.29, 1.82) is 0 Å². The van der Waals surface area contributed by atoms with Crippen LogP contribution in [-0.2, 0) is 16.0 Å². The Kier molecular flexibility index (Phi) is 7.06. The lowest BCUT2D eigenvalue weighted by atomic mass is 9.94. The van der Waals surface area contributed by atoms with Gasteiger partial charge in [0.25, 0.3) is 11.7 Å². The molecule has 1 fully saturated rings. The maximum Gasteiger partial charge on any atom is 0.295 e. The van der Waals surface area contributed by atoms with Gasteiger partial charge in [0.15, 0.2) is 0 Å². The van der Waals surface area contributed by atoms with Gasteiger partial charge >= 0.3 is 0 Å². The van der Waals surface area contributed by atoms with Crippen LogP contribution in [0.2, 0.25) is 0 Å². The zero-order chi connectivity index (χ0) is 24.9. The first-order valence-electron chi connectivity index (χ1n) is 11.2. The number of methoxy groups -OCH3 is 3. The topological polar surface area (TPSA) is 85.3 Å². The van der Waals surface area contributed by atoms with Crippen molar-refractivity contribution in [3.8, 4) is 17.2 Å². The van der Waals surface area contributed by atoms with Crippen molar-refractivity contribution in [3.63, 3.8) is 0 Å². The summed E-state index contributed by atoms with van der Waals surface area (Å²) in [4.78, 5) is 27.9. The number of benzene rings is 3. The van der Waals surface area contributed by atoms with E-state index < -0.39 is 17.7 Å². The van der Waals surface area contributed by atoms with Crippen LogP contribution in [0, 0.1) is 0 Å². The standard InChI is InChI=1S/C28H27NO6/c1-33-20-12-8-18(9-13-20)16-17-29-25(22-6-4-5-7-23(22)35-3)24(27(31)28(29)32)26(30)19-10-14-21(34-2)15-11-19/h4-15,25,30H,16-17H2,1-3H3/b26-24-. The van der Waals surface area contributed by atoms with Gasteiger partial charge in [0.05, 0.1) is 32.9 Å². The second-order valence-corrected chi connectivity index (χ2v) is 8.06. The predicted molar refractivity (Wildman–Crippen MR) is 132 cm³/mol. The second kappa shape index (κ2) is 10.3. The van der Waals surface area contributed by atoms with Crippen LogP contribution in [0.5, 0.6) is 17.2 Å². The molecule has 1 atom stereocenters. The van der Waals surface area contributed by atoms with E-state index in [0.717, 1.165) is 11.3 Å². The van der Waals surface area contributed by atoms with Crippen molar-refractivity contribution in [1.82, 2.24) is 4.90 Å². The lowest BCUT2D eigenvalue weighted by Crippen LogP contribution is -2.31. The van der Waals surface area contributed by atoms with Gasteiger partial charge in [0.2, 0.25) is 0 Å². The second-order valence-electron chi connectivity index (χ2n) is 8.06. The molecule has 0 aliphatic carbocycles. The molecule has 0 bridgehead atoms. The Hall–Kier alpha value is -4.26. The number of Topliss-reactive ketones (excluding diaryl/α,β-unsaturated/α-hetero) is 1. The molecule has 1 aliphatic rings. The predicted octanol–water partition coefficient (Wildman–Crippen LogP) is 4.38. The number of rotatable bonds is 8. The molecule has 1 heterocycles. The largest absolute Gasteiger partial charge is 0.507 e. The van der Waals surface area contributed by atoms with E-state index in [2.05, 4.69) is 0 Å². The van der Waals surface area contributed by atoms with Gasteiger partial charge < -0.3 is 24.2 Å².